The number of rotatable bonds is 2. The largest absolute Gasteiger partial charge is 0.347 e. The Kier molecular flexibility index (Phi) is 4.78. The van der Waals surface area contributed by atoms with Crippen molar-refractivity contribution in [3.63, 3.8) is 0 Å². The van der Waals surface area contributed by atoms with Crippen LogP contribution in [-0.2, 0) is 15.0 Å². The Morgan fingerprint density at radius 2 is 1.44 bits per heavy atom. The van der Waals surface area contributed by atoms with Gasteiger partial charge >= 0.3 is 0 Å². The van der Waals surface area contributed by atoms with Crippen molar-refractivity contribution >= 4 is 34.8 Å². The molecule has 140 valence electrons. The molecule has 0 bridgehead atoms. The molecule has 27 heavy (non-hydrogen) atoms. The summed E-state index contributed by atoms with van der Waals surface area (Å²) in [6, 6.07) is 8.34. The summed E-state index contributed by atoms with van der Waals surface area (Å²) in [4.78, 5) is 29.4. The number of para-hydroxylation sites is 1. The molecular weight excluding hydrogens is 358 g/mol. The molecule has 1 aromatic rings. The van der Waals surface area contributed by atoms with Crippen molar-refractivity contribution < 1.29 is 9.59 Å². The van der Waals surface area contributed by atoms with Gasteiger partial charge in [-0.3, -0.25) is 19.4 Å². The minimum atomic E-state index is -0.383. The molecule has 2 heterocycles. The zero-order chi connectivity index (χ0) is 19.9. The second-order valence-corrected chi connectivity index (χ2v) is 7.59. The van der Waals surface area contributed by atoms with Crippen LogP contribution in [-0.4, -0.2) is 47.9 Å². The number of amides is 2. The fourth-order valence-electron chi connectivity index (χ4n) is 3.59. The summed E-state index contributed by atoms with van der Waals surface area (Å²) in [6.07, 6.45) is 7.15. The third kappa shape index (κ3) is 3.00. The molecule has 1 aromatic carbocycles. The van der Waals surface area contributed by atoms with E-state index in [0.29, 0.717) is 0 Å². The minimum absolute atomic E-state index is 0.102. The van der Waals surface area contributed by atoms with E-state index in [2.05, 4.69) is 36.9 Å². The second kappa shape index (κ2) is 6.78. The standard InChI is InChI=1S/C21H23N3O2S/c1-21(2)15-11-7-8-12-16(15)22(3)17(21)13-9-6-10-14-18(25)23(4)20(27)24(5)19(14)26/h6-13H,1-5H3/b9-6+,17-13-. The van der Waals surface area contributed by atoms with Gasteiger partial charge in [0.2, 0.25) is 0 Å². The number of allylic oxidation sites excluding steroid dienone is 5. The van der Waals surface area contributed by atoms with Crippen molar-refractivity contribution in [3.8, 4) is 0 Å². The number of carbonyl (C=O) groups excluding carboxylic acids is 2. The van der Waals surface area contributed by atoms with Gasteiger partial charge in [0.1, 0.15) is 5.57 Å². The number of carbonyl (C=O) groups is 2. The van der Waals surface area contributed by atoms with Crippen LogP contribution in [0.5, 0.6) is 0 Å². The number of fused-ring (bicyclic) bond motifs is 1. The summed E-state index contributed by atoms with van der Waals surface area (Å²) in [5.74, 6) is -0.766. The van der Waals surface area contributed by atoms with Gasteiger partial charge in [0.25, 0.3) is 11.8 Å². The lowest BCUT2D eigenvalue weighted by atomic mass is 9.84. The van der Waals surface area contributed by atoms with Gasteiger partial charge in [-0.1, -0.05) is 44.2 Å². The molecule has 3 rings (SSSR count). The quantitative estimate of drug-likeness (QED) is 0.449. The Morgan fingerprint density at radius 3 is 2.04 bits per heavy atom. The Hall–Kier alpha value is -2.73. The first-order chi connectivity index (χ1) is 12.7. The number of thiocarbonyl (C=S) groups is 1. The van der Waals surface area contributed by atoms with Crippen LogP contribution in [0.1, 0.15) is 19.4 Å². The van der Waals surface area contributed by atoms with Crippen molar-refractivity contribution in [1.29, 1.82) is 0 Å². The highest BCUT2D eigenvalue weighted by molar-refractivity contribution is 7.80. The zero-order valence-electron chi connectivity index (χ0n) is 16.2. The topological polar surface area (TPSA) is 43.9 Å². The van der Waals surface area contributed by atoms with Crippen molar-refractivity contribution in [2.24, 2.45) is 0 Å². The molecular formula is C21H23N3O2S. The molecule has 0 N–H and O–H groups in total. The molecule has 1 saturated heterocycles. The van der Waals surface area contributed by atoms with Gasteiger partial charge in [-0.25, -0.2) is 0 Å². The molecule has 2 aliphatic rings. The maximum Gasteiger partial charge on any atom is 0.265 e. The van der Waals surface area contributed by atoms with Crippen LogP contribution in [0.15, 0.2) is 59.8 Å². The predicted molar refractivity (Wildman–Crippen MR) is 111 cm³/mol. The molecule has 2 aliphatic heterocycles. The maximum absolute atomic E-state index is 12.3. The Morgan fingerprint density at radius 1 is 0.889 bits per heavy atom. The van der Waals surface area contributed by atoms with Crippen LogP contribution in [0.25, 0.3) is 0 Å². The maximum atomic E-state index is 12.3. The molecule has 6 heteroatoms. The number of hydrogen-bond acceptors (Lipinski definition) is 4. The lowest BCUT2D eigenvalue weighted by Gasteiger charge is -2.31. The average Bonchev–Trinajstić information content (AvgIpc) is 2.84. The fraction of sp³-hybridized carbons (Fsp3) is 0.286. The first-order valence-corrected chi connectivity index (χ1v) is 9.11. The van der Waals surface area contributed by atoms with E-state index in [1.165, 1.54) is 21.1 Å². The third-order valence-corrected chi connectivity index (χ3v) is 5.76. The molecule has 5 nitrogen and oxygen atoms in total. The first-order valence-electron chi connectivity index (χ1n) is 8.70. The summed E-state index contributed by atoms with van der Waals surface area (Å²) < 4.78 is 0. The Balaban J connectivity index is 1.87. The number of hydrogen-bond donors (Lipinski definition) is 0. The van der Waals surface area contributed by atoms with Crippen LogP contribution in [0.3, 0.4) is 0 Å². The lowest BCUT2D eigenvalue weighted by molar-refractivity contribution is -0.132. The normalized spacial score (nSPS) is 20.9. The molecule has 0 atom stereocenters. The van der Waals surface area contributed by atoms with E-state index in [9.17, 15) is 9.59 Å². The van der Waals surface area contributed by atoms with Gasteiger partial charge in [-0.2, -0.15) is 0 Å². The summed E-state index contributed by atoms with van der Waals surface area (Å²) in [5, 5.41) is 0.209. The van der Waals surface area contributed by atoms with E-state index >= 15 is 0 Å². The number of nitrogens with zero attached hydrogens (tertiary/aromatic N) is 3. The molecule has 2 amide bonds. The van der Waals surface area contributed by atoms with Crippen molar-refractivity contribution in [1.82, 2.24) is 9.80 Å². The van der Waals surface area contributed by atoms with Gasteiger partial charge in [0.05, 0.1) is 0 Å². The van der Waals surface area contributed by atoms with Crippen LogP contribution in [0, 0.1) is 0 Å². The van der Waals surface area contributed by atoms with Crippen LogP contribution in [0.2, 0.25) is 0 Å². The van der Waals surface area contributed by atoms with E-state index in [0.717, 1.165) is 5.70 Å². The highest BCUT2D eigenvalue weighted by atomic mass is 32.1. The van der Waals surface area contributed by atoms with E-state index in [4.69, 9.17) is 12.2 Å². The summed E-state index contributed by atoms with van der Waals surface area (Å²) in [7, 11) is 5.19. The lowest BCUT2D eigenvalue weighted by Crippen LogP contribution is -2.52. The van der Waals surface area contributed by atoms with Gasteiger partial charge in [0, 0.05) is 37.9 Å². The van der Waals surface area contributed by atoms with Gasteiger partial charge in [-0.05, 0) is 36.0 Å². The average molecular weight is 382 g/mol. The number of likely N-dealkylation sites (N-methyl/N-ethyl adjacent to an activating group) is 3. The third-order valence-electron chi connectivity index (χ3n) is 5.21. The summed E-state index contributed by atoms with van der Waals surface area (Å²) in [5.41, 5.74) is 3.60. The van der Waals surface area contributed by atoms with Crippen LogP contribution < -0.4 is 4.90 Å². The highest BCUT2D eigenvalue weighted by Crippen LogP contribution is 2.46. The van der Waals surface area contributed by atoms with E-state index < -0.39 is 0 Å². The first kappa shape index (κ1) is 19.0. The summed E-state index contributed by atoms with van der Waals surface area (Å²) in [6.45, 7) is 4.37. The van der Waals surface area contributed by atoms with Gasteiger partial charge < -0.3 is 4.90 Å². The predicted octanol–water partition coefficient (Wildman–Crippen LogP) is 3.00. The van der Waals surface area contributed by atoms with E-state index in [-0.39, 0.29) is 27.9 Å². The zero-order valence-corrected chi connectivity index (χ0v) is 17.0. The van der Waals surface area contributed by atoms with Crippen molar-refractivity contribution in [2.45, 2.75) is 19.3 Å². The molecule has 0 aliphatic carbocycles. The molecule has 1 fully saturated rings. The SMILES string of the molecule is CN1C(=O)C(=C/C=C/C=C2\N(C)c3ccccc3C2(C)C)C(=O)N(C)C1=S. The molecule has 0 spiro atoms. The van der Waals surface area contributed by atoms with Crippen molar-refractivity contribution in [2.75, 3.05) is 26.0 Å². The molecule has 0 saturated carbocycles. The van der Waals surface area contributed by atoms with Crippen molar-refractivity contribution in [3.05, 3.63) is 65.4 Å². The second-order valence-electron chi connectivity index (χ2n) is 7.23. The fourth-order valence-corrected chi connectivity index (χ4v) is 3.76. The van der Waals surface area contributed by atoms with Crippen LogP contribution >= 0.6 is 12.2 Å². The summed E-state index contributed by atoms with van der Waals surface area (Å²) >= 11 is 5.09. The Labute approximate surface area is 165 Å². The van der Waals surface area contributed by atoms with E-state index in [1.54, 1.807) is 26.2 Å². The monoisotopic (exact) mass is 381 g/mol. The number of anilines is 1. The molecule has 0 unspecified atom stereocenters. The molecule has 0 aromatic heterocycles. The van der Waals surface area contributed by atoms with Gasteiger partial charge in [-0.15, -0.1) is 0 Å². The van der Waals surface area contributed by atoms with Crippen LogP contribution in [0.4, 0.5) is 5.69 Å². The Bertz CT molecular complexity index is 901. The molecule has 0 radical (unpaired) electrons. The van der Waals surface area contributed by atoms with Gasteiger partial charge in [0.15, 0.2) is 5.11 Å². The smallest absolute Gasteiger partial charge is 0.265 e. The minimum Gasteiger partial charge on any atom is -0.347 e. The number of benzene rings is 1. The van der Waals surface area contributed by atoms with E-state index in [1.807, 2.05) is 25.3 Å². The highest BCUT2D eigenvalue weighted by Gasteiger charge is 2.38.